The van der Waals surface area contributed by atoms with Crippen molar-refractivity contribution in [3.05, 3.63) is 76.8 Å². The monoisotopic (exact) mass is 452 g/mol. The number of carbonyl (C=O) groups excluding carboxylic acids is 1. The lowest BCUT2D eigenvalue weighted by Crippen LogP contribution is -2.12. The Bertz CT molecular complexity index is 1120. The zero-order chi connectivity index (χ0) is 19.5. The maximum absolute atomic E-state index is 12.8. The summed E-state index contributed by atoms with van der Waals surface area (Å²) in [4.78, 5) is 17.5. The number of carbonyl (C=O) groups is 1. The van der Waals surface area contributed by atoms with E-state index in [2.05, 4.69) is 21.2 Å². The summed E-state index contributed by atoms with van der Waals surface area (Å²) in [5.41, 5.74) is 3.09. The van der Waals surface area contributed by atoms with Crippen LogP contribution in [0, 0.1) is 0 Å². The van der Waals surface area contributed by atoms with Crippen LogP contribution in [0.1, 0.15) is 17.3 Å². The molecule has 1 aromatic heterocycles. The number of fused-ring (bicyclic) bond motifs is 1. The van der Waals surface area contributed by atoms with Crippen LogP contribution in [0.25, 0.3) is 20.8 Å². The van der Waals surface area contributed by atoms with Crippen molar-refractivity contribution in [2.75, 3.05) is 11.9 Å². The van der Waals surface area contributed by atoms with Gasteiger partial charge in [0.25, 0.3) is 5.91 Å². The number of benzene rings is 3. The van der Waals surface area contributed by atoms with Gasteiger partial charge in [-0.05, 0) is 55.5 Å². The van der Waals surface area contributed by atoms with Gasteiger partial charge in [-0.25, -0.2) is 4.98 Å². The van der Waals surface area contributed by atoms with Crippen molar-refractivity contribution in [1.29, 1.82) is 0 Å². The summed E-state index contributed by atoms with van der Waals surface area (Å²) in [7, 11) is 0. The highest BCUT2D eigenvalue weighted by atomic mass is 79.9. The van der Waals surface area contributed by atoms with E-state index < -0.39 is 0 Å². The molecule has 0 bridgehead atoms. The van der Waals surface area contributed by atoms with E-state index in [1.165, 1.54) is 0 Å². The van der Waals surface area contributed by atoms with Crippen LogP contribution in [0.4, 0.5) is 5.69 Å². The van der Waals surface area contributed by atoms with E-state index >= 15 is 0 Å². The Morgan fingerprint density at radius 1 is 1.11 bits per heavy atom. The number of anilines is 1. The van der Waals surface area contributed by atoms with Gasteiger partial charge in [-0.3, -0.25) is 4.79 Å². The second kappa shape index (κ2) is 8.12. The van der Waals surface area contributed by atoms with Gasteiger partial charge in [0.1, 0.15) is 10.8 Å². The third kappa shape index (κ3) is 3.93. The second-order valence-corrected chi connectivity index (χ2v) is 8.04. The summed E-state index contributed by atoms with van der Waals surface area (Å²) in [6.45, 7) is 2.47. The first-order valence-electron chi connectivity index (χ1n) is 8.84. The van der Waals surface area contributed by atoms with Crippen LogP contribution in [0.2, 0.25) is 0 Å². The summed E-state index contributed by atoms with van der Waals surface area (Å²) in [5, 5.41) is 3.88. The molecule has 0 saturated heterocycles. The minimum absolute atomic E-state index is 0.189. The molecule has 0 aliphatic carbocycles. The number of nitrogens with zero attached hydrogens (tertiary/aromatic N) is 1. The van der Waals surface area contributed by atoms with E-state index in [1.54, 1.807) is 23.5 Å². The molecule has 0 atom stereocenters. The lowest BCUT2D eigenvalue weighted by Gasteiger charge is -2.11. The molecule has 4 nitrogen and oxygen atoms in total. The van der Waals surface area contributed by atoms with Crippen LogP contribution in [-0.4, -0.2) is 17.5 Å². The molecule has 4 rings (SSSR count). The standard InChI is InChI=1S/C22H17BrN2O2S/c1-2-27-16-7-5-6-14(12-16)21(26)24-18-11-10-15(23)13-17(18)22-25-19-8-3-4-9-20(19)28-22/h3-13H,2H2,1H3,(H,24,26). The van der Waals surface area contributed by atoms with Crippen molar-refractivity contribution < 1.29 is 9.53 Å². The van der Waals surface area contributed by atoms with E-state index in [-0.39, 0.29) is 5.91 Å². The number of rotatable bonds is 5. The normalized spacial score (nSPS) is 10.8. The first-order chi connectivity index (χ1) is 13.6. The van der Waals surface area contributed by atoms with E-state index in [1.807, 2.05) is 61.5 Å². The summed E-state index contributed by atoms with van der Waals surface area (Å²) in [6, 6.07) is 20.9. The van der Waals surface area contributed by atoms with Crippen LogP contribution in [0.3, 0.4) is 0 Å². The van der Waals surface area contributed by atoms with Crippen molar-refractivity contribution in [3.8, 4) is 16.3 Å². The van der Waals surface area contributed by atoms with Crippen LogP contribution in [-0.2, 0) is 0 Å². The molecule has 0 aliphatic heterocycles. The molecule has 140 valence electrons. The number of nitrogens with one attached hydrogen (secondary N) is 1. The number of ether oxygens (including phenoxy) is 1. The predicted molar refractivity (Wildman–Crippen MR) is 118 cm³/mol. The van der Waals surface area contributed by atoms with Crippen LogP contribution >= 0.6 is 27.3 Å². The minimum atomic E-state index is -0.189. The second-order valence-electron chi connectivity index (χ2n) is 6.09. The Balaban J connectivity index is 1.68. The number of hydrogen-bond donors (Lipinski definition) is 1. The van der Waals surface area contributed by atoms with E-state index in [0.29, 0.717) is 23.6 Å². The Morgan fingerprint density at radius 2 is 1.96 bits per heavy atom. The largest absolute Gasteiger partial charge is 0.494 e. The summed E-state index contributed by atoms with van der Waals surface area (Å²) in [6.07, 6.45) is 0. The van der Waals surface area contributed by atoms with E-state index in [4.69, 9.17) is 9.72 Å². The minimum Gasteiger partial charge on any atom is -0.494 e. The maximum Gasteiger partial charge on any atom is 0.255 e. The molecule has 3 aromatic carbocycles. The Hall–Kier alpha value is -2.70. The first kappa shape index (κ1) is 18.7. The molecular formula is C22H17BrN2O2S. The summed E-state index contributed by atoms with van der Waals surface area (Å²) >= 11 is 5.12. The molecule has 6 heteroatoms. The van der Waals surface area contributed by atoms with Crippen molar-refractivity contribution in [2.45, 2.75) is 6.92 Å². The van der Waals surface area contributed by atoms with Gasteiger partial charge in [-0.15, -0.1) is 11.3 Å². The molecule has 0 unspecified atom stereocenters. The molecule has 1 N–H and O–H groups in total. The number of hydrogen-bond acceptors (Lipinski definition) is 4. The molecule has 0 radical (unpaired) electrons. The molecule has 1 amide bonds. The molecule has 28 heavy (non-hydrogen) atoms. The fourth-order valence-corrected chi connectivity index (χ4v) is 4.24. The lowest BCUT2D eigenvalue weighted by molar-refractivity contribution is 0.102. The van der Waals surface area contributed by atoms with Crippen molar-refractivity contribution in [3.63, 3.8) is 0 Å². The molecule has 1 heterocycles. The van der Waals surface area contributed by atoms with Crippen LogP contribution in [0.15, 0.2) is 71.2 Å². The number of para-hydroxylation sites is 1. The number of aromatic nitrogens is 1. The highest BCUT2D eigenvalue weighted by Crippen LogP contribution is 2.36. The Kier molecular flexibility index (Phi) is 5.41. The lowest BCUT2D eigenvalue weighted by atomic mass is 10.1. The highest BCUT2D eigenvalue weighted by molar-refractivity contribution is 9.10. The molecule has 4 aromatic rings. The zero-order valence-corrected chi connectivity index (χ0v) is 17.5. The Morgan fingerprint density at radius 3 is 2.79 bits per heavy atom. The number of amides is 1. The third-order valence-corrected chi connectivity index (χ3v) is 5.72. The average Bonchev–Trinajstić information content (AvgIpc) is 3.14. The van der Waals surface area contributed by atoms with Crippen molar-refractivity contribution in [2.24, 2.45) is 0 Å². The van der Waals surface area contributed by atoms with Gasteiger partial charge in [0.15, 0.2) is 0 Å². The topological polar surface area (TPSA) is 51.2 Å². The highest BCUT2D eigenvalue weighted by Gasteiger charge is 2.15. The van der Waals surface area contributed by atoms with Crippen molar-refractivity contribution >= 4 is 49.1 Å². The van der Waals surface area contributed by atoms with Gasteiger partial charge in [-0.2, -0.15) is 0 Å². The summed E-state index contributed by atoms with van der Waals surface area (Å²) < 4.78 is 7.53. The molecule has 0 aliphatic rings. The SMILES string of the molecule is CCOc1cccc(C(=O)Nc2ccc(Br)cc2-c2nc3ccccc3s2)c1. The first-order valence-corrected chi connectivity index (χ1v) is 10.4. The number of thiazole rings is 1. The smallest absolute Gasteiger partial charge is 0.255 e. The molecule has 0 spiro atoms. The Labute approximate surface area is 175 Å². The quantitative estimate of drug-likeness (QED) is 0.382. The van der Waals surface area contributed by atoms with Gasteiger partial charge in [-0.1, -0.05) is 34.1 Å². The summed E-state index contributed by atoms with van der Waals surface area (Å²) in [5.74, 6) is 0.489. The van der Waals surface area contributed by atoms with E-state index in [0.717, 1.165) is 25.3 Å². The predicted octanol–water partition coefficient (Wildman–Crippen LogP) is 6.38. The van der Waals surface area contributed by atoms with Gasteiger partial charge >= 0.3 is 0 Å². The number of halogens is 1. The van der Waals surface area contributed by atoms with Gasteiger partial charge in [0.05, 0.1) is 22.5 Å². The fourth-order valence-electron chi connectivity index (χ4n) is 2.88. The molecular weight excluding hydrogens is 436 g/mol. The van der Waals surface area contributed by atoms with E-state index in [9.17, 15) is 4.79 Å². The zero-order valence-electron chi connectivity index (χ0n) is 15.1. The van der Waals surface area contributed by atoms with Crippen LogP contribution < -0.4 is 10.1 Å². The fraction of sp³-hybridized carbons (Fsp3) is 0.0909. The van der Waals surface area contributed by atoms with Crippen LogP contribution in [0.5, 0.6) is 5.75 Å². The van der Waals surface area contributed by atoms with Gasteiger partial charge < -0.3 is 10.1 Å². The molecule has 0 saturated carbocycles. The average molecular weight is 453 g/mol. The van der Waals surface area contributed by atoms with Crippen molar-refractivity contribution in [1.82, 2.24) is 4.98 Å². The van der Waals surface area contributed by atoms with Gasteiger partial charge in [0, 0.05) is 15.6 Å². The third-order valence-electron chi connectivity index (χ3n) is 4.16. The maximum atomic E-state index is 12.8. The molecule has 0 fully saturated rings. The van der Waals surface area contributed by atoms with Gasteiger partial charge in [0.2, 0.25) is 0 Å².